The smallest absolute Gasteiger partial charge is 0.239 e. The van der Waals surface area contributed by atoms with Gasteiger partial charge in [-0.1, -0.05) is 42.5 Å². The number of hydrogen-bond acceptors (Lipinski definition) is 3. The molecule has 1 atom stereocenters. The third-order valence-corrected chi connectivity index (χ3v) is 4.42. The Labute approximate surface area is 150 Å². The van der Waals surface area contributed by atoms with Crippen molar-refractivity contribution in [1.29, 1.82) is 5.26 Å². The molecule has 0 aromatic heterocycles. The van der Waals surface area contributed by atoms with Gasteiger partial charge in [0.25, 0.3) is 0 Å². The quantitative estimate of drug-likeness (QED) is 0.779. The average Bonchev–Trinajstić information content (AvgIpc) is 2.65. The maximum absolute atomic E-state index is 12.9. The normalized spacial score (nSPS) is 11.8. The summed E-state index contributed by atoms with van der Waals surface area (Å²) in [6.07, 6.45) is 0. The molecular weight excluding hydrogens is 310 g/mol. The number of amides is 1. The van der Waals surface area contributed by atoms with Gasteiger partial charge in [0.15, 0.2) is 0 Å². The fourth-order valence-corrected chi connectivity index (χ4v) is 2.77. The summed E-state index contributed by atoms with van der Waals surface area (Å²) in [5.74, 6) is 0.116. The lowest BCUT2D eigenvalue weighted by molar-refractivity contribution is -0.136. The number of rotatable bonds is 7. The van der Waals surface area contributed by atoms with Gasteiger partial charge in [0.1, 0.15) is 0 Å². The van der Waals surface area contributed by atoms with Gasteiger partial charge in [-0.05, 0) is 44.2 Å². The second-order valence-corrected chi connectivity index (χ2v) is 6.24. The zero-order valence-electron chi connectivity index (χ0n) is 15.1. The van der Waals surface area contributed by atoms with Crippen LogP contribution in [0, 0.1) is 11.3 Å². The van der Waals surface area contributed by atoms with Crippen LogP contribution in [0.15, 0.2) is 54.6 Å². The van der Waals surface area contributed by atoms with Crippen molar-refractivity contribution in [2.75, 3.05) is 13.6 Å². The highest BCUT2D eigenvalue weighted by molar-refractivity contribution is 5.81. The highest BCUT2D eigenvalue weighted by Gasteiger charge is 2.23. The first-order valence-electron chi connectivity index (χ1n) is 8.57. The number of nitriles is 1. The molecule has 0 aliphatic heterocycles. The predicted molar refractivity (Wildman–Crippen MR) is 99.6 cm³/mol. The lowest BCUT2D eigenvalue weighted by Gasteiger charge is -2.30. The van der Waals surface area contributed by atoms with Crippen molar-refractivity contribution in [3.63, 3.8) is 0 Å². The van der Waals surface area contributed by atoms with Crippen LogP contribution in [0.1, 0.15) is 30.5 Å². The van der Waals surface area contributed by atoms with Crippen molar-refractivity contribution < 1.29 is 4.79 Å². The molecule has 1 amide bonds. The summed E-state index contributed by atoms with van der Waals surface area (Å²) in [7, 11) is 1.94. The minimum absolute atomic E-state index is 0.116. The molecule has 0 bridgehead atoms. The Hall–Kier alpha value is -2.64. The van der Waals surface area contributed by atoms with Crippen LogP contribution < -0.4 is 0 Å². The Morgan fingerprint density at radius 3 is 2.40 bits per heavy atom. The van der Waals surface area contributed by atoms with Crippen molar-refractivity contribution in [2.45, 2.75) is 33.0 Å². The lowest BCUT2D eigenvalue weighted by atomic mass is 10.1. The largest absolute Gasteiger partial charge is 0.337 e. The van der Waals surface area contributed by atoms with Crippen LogP contribution in [0.25, 0.3) is 0 Å². The van der Waals surface area contributed by atoms with E-state index in [4.69, 9.17) is 5.26 Å². The summed E-state index contributed by atoms with van der Waals surface area (Å²) in [5, 5.41) is 9.01. The van der Waals surface area contributed by atoms with E-state index in [-0.39, 0.29) is 11.9 Å². The van der Waals surface area contributed by atoms with Gasteiger partial charge in [-0.15, -0.1) is 0 Å². The third kappa shape index (κ3) is 5.17. The van der Waals surface area contributed by atoms with E-state index < -0.39 is 0 Å². The van der Waals surface area contributed by atoms with Gasteiger partial charge in [-0.25, -0.2) is 0 Å². The van der Waals surface area contributed by atoms with Crippen LogP contribution >= 0.6 is 0 Å². The molecule has 130 valence electrons. The first kappa shape index (κ1) is 18.7. The number of nitrogens with zero attached hydrogens (tertiary/aromatic N) is 3. The molecule has 1 unspecified atom stereocenters. The van der Waals surface area contributed by atoms with E-state index in [9.17, 15) is 4.79 Å². The van der Waals surface area contributed by atoms with Crippen molar-refractivity contribution in [3.8, 4) is 6.07 Å². The third-order valence-electron chi connectivity index (χ3n) is 4.42. The van der Waals surface area contributed by atoms with E-state index in [2.05, 4.69) is 6.07 Å². The summed E-state index contributed by atoms with van der Waals surface area (Å²) in [4.78, 5) is 16.8. The molecule has 25 heavy (non-hydrogen) atoms. The monoisotopic (exact) mass is 335 g/mol. The number of likely N-dealkylation sites (N-methyl/N-ethyl adjacent to an activating group) is 2. The van der Waals surface area contributed by atoms with Crippen LogP contribution in [0.3, 0.4) is 0 Å². The summed E-state index contributed by atoms with van der Waals surface area (Å²) in [6.45, 7) is 5.87. The van der Waals surface area contributed by atoms with E-state index in [1.165, 1.54) is 0 Å². The van der Waals surface area contributed by atoms with Gasteiger partial charge in [-0.2, -0.15) is 5.26 Å². The highest BCUT2D eigenvalue weighted by atomic mass is 16.2. The molecule has 0 radical (unpaired) electrons. The van der Waals surface area contributed by atoms with Crippen LogP contribution in [0.4, 0.5) is 0 Å². The van der Waals surface area contributed by atoms with E-state index in [0.29, 0.717) is 25.2 Å². The average molecular weight is 335 g/mol. The van der Waals surface area contributed by atoms with Crippen LogP contribution in [0.2, 0.25) is 0 Å². The lowest BCUT2D eigenvalue weighted by Crippen LogP contribution is -2.45. The standard InChI is InChI=1S/C21H25N3O/c1-4-24(16-18-9-6-5-7-10-18)21(25)17(2)23(3)15-20-12-8-11-19(13-20)14-22/h5-13,17H,4,15-16H2,1-3H3. The SMILES string of the molecule is CCN(Cc1ccccc1)C(=O)C(C)N(C)Cc1cccc(C#N)c1. The molecular formula is C21H25N3O. The summed E-state index contributed by atoms with van der Waals surface area (Å²) >= 11 is 0. The van der Waals surface area contributed by atoms with Crippen molar-refractivity contribution in [3.05, 3.63) is 71.3 Å². The molecule has 0 N–H and O–H groups in total. The number of hydrogen-bond donors (Lipinski definition) is 0. The second-order valence-electron chi connectivity index (χ2n) is 6.24. The number of carbonyl (C=O) groups is 1. The van der Waals surface area contributed by atoms with E-state index in [1.54, 1.807) is 6.07 Å². The summed E-state index contributed by atoms with van der Waals surface area (Å²) in [5.41, 5.74) is 2.81. The van der Waals surface area contributed by atoms with Crippen LogP contribution in [-0.2, 0) is 17.9 Å². The molecule has 0 saturated heterocycles. The van der Waals surface area contributed by atoms with E-state index in [0.717, 1.165) is 11.1 Å². The first-order valence-corrected chi connectivity index (χ1v) is 8.57. The van der Waals surface area contributed by atoms with E-state index >= 15 is 0 Å². The Balaban J connectivity index is 2.02. The Morgan fingerprint density at radius 2 is 1.76 bits per heavy atom. The predicted octanol–water partition coefficient (Wildman–Crippen LogP) is 3.43. The van der Waals surface area contributed by atoms with Gasteiger partial charge in [0, 0.05) is 19.6 Å². The minimum Gasteiger partial charge on any atom is -0.337 e. The topological polar surface area (TPSA) is 47.3 Å². The van der Waals surface area contributed by atoms with Crippen LogP contribution in [-0.4, -0.2) is 35.3 Å². The molecule has 0 aliphatic carbocycles. The fraction of sp³-hybridized carbons (Fsp3) is 0.333. The Kier molecular flexibility index (Phi) is 6.73. The molecule has 0 heterocycles. The highest BCUT2D eigenvalue weighted by Crippen LogP contribution is 2.12. The molecule has 2 aromatic carbocycles. The molecule has 0 aliphatic rings. The Bertz CT molecular complexity index is 736. The van der Waals surface area contributed by atoms with Gasteiger partial charge in [0.2, 0.25) is 5.91 Å². The minimum atomic E-state index is -0.227. The number of carbonyl (C=O) groups excluding carboxylic acids is 1. The molecule has 4 nitrogen and oxygen atoms in total. The first-order chi connectivity index (χ1) is 12.0. The maximum atomic E-state index is 12.9. The van der Waals surface area contributed by atoms with Crippen molar-refractivity contribution >= 4 is 5.91 Å². The molecule has 4 heteroatoms. The molecule has 2 aromatic rings. The molecule has 2 rings (SSSR count). The number of benzene rings is 2. The molecule has 0 spiro atoms. The van der Waals surface area contributed by atoms with Gasteiger partial charge in [0.05, 0.1) is 17.7 Å². The zero-order chi connectivity index (χ0) is 18.2. The Morgan fingerprint density at radius 1 is 1.08 bits per heavy atom. The van der Waals surface area contributed by atoms with E-state index in [1.807, 2.05) is 79.2 Å². The zero-order valence-corrected chi connectivity index (χ0v) is 15.1. The fourth-order valence-electron chi connectivity index (χ4n) is 2.77. The summed E-state index contributed by atoms with van der Waals surface area (Å²) in [6, 6.07) is 19.5. The second kappa shape index (κ2) is 9.00. The van der Waals surface area contributed by atoms with Crippen molar-refractivity contribution in [1.82, 2.24) is 9.80 Å². The van der Waals surface area contributed by atoms with Gasteiger partial charge in [-0.3, -0.25) is 9.69 Å². The summed E-state index contributed by atoms with van der Waals surface area (Å²) < 4.78 is 0. The molecule has 0 saturated carbocycles. The maximum Gasteiger partial charge on any atom is 0.239 e. The van der Waals surface area contributed by atoms with Gasteiger partial charge >= 0.3 is 0 Å². The van der Waals surface area contributed by atoms with Crippen LogP contribution in [0.5, 0.6) is 0 Å². The van der Waals surface area contributed by atoms with Gasteiger partial charge < -0.3 is 4.90 Å². The molecule has 0 fully saturated rings. The van der Waals surface area contributed by atoms with Crippen molar-refractivity contribution in [2.24, 2.45) is 0 Å².